The van der Waals surface area contributed by atoms with E-state index in [1.54, 1.807) is 45.0 Å². The topological polar surface area (TPSA) is 84.9 Å². The molecular weight excluding hydrogens is 372 g/mol. The molecule has 1 N–H and O–H groups in total. The molecule has 1 aromatic carbocycles. The van der Waals surface area contributed by atoms with Gasteiger partial charge in [-0.05, 0) is 51.3 Å². The molecule has 0 spiro atoms. The zero-order valence-electron chi connectivity index (χ0n) is 15.8. The van der Waals surface area contributed by atoms with Crippen molar-refractivity contribution < 1.29 is 23.9 Å². The number of benzene rings is 1. The monoisotopic (exact) mass is 396 g/mol. The predicted molar refractivity (Wildman–Crippen MR) is 100 cm³/mol. The standard InChI is InChI=1S/C19H25ClN2O5/c1-19(2,3)27-18(25)22-10-4-5-15(22)17(24)26-12-16(23)21-11-13-6-8-14(20)9-7-13/h6-9,15H,4-5,10-12H2,1-3H3,(H,21,23)/t15-/m0/s1. The number of carbonyl (C=O) groups excluding carboxylic acids is 3. The molecule has 0 bridgehead atoms. The number of esters is 1. The van der Waals surface area contributed by atoms with E-state index in [2.05, 4.69) is 5.32 Å². The first-order chi connectivity index (χ1) is 12.7. The first-order valence-corrected chi connectivity index (χ1v) is 9.21. The van der Waals surface area contributed by atoms with E-state index in [0.29, 0.717) is 31.0 Å². The molecule has 1 heterocycles. The van der Waals surface area contributed by atoms with Gasteiger partial charge in [-0.1, -0.05) is 23.7 Å². The summed E-state index contributed by atoms with van der Waals surface area (Å²) in [5.74, 6) is -1.01. The number of carbonyl (C=O) groups is 3. The fourth-order valence-electron chi connectivity index (χ4n) is 2.64. The van der Waals surface area contributed by atoms with Crippen LogP contribution in [0.15, 0.2) is 24.3 Å². The fourth-order valence-corrected chi connectivity index (χ4v) is 2.76. The van der Waals surface area contributed by atoms with Gasteiger partial charge in [-0.2, -0.15) is 0 Å². The van der Waals surface area contributed by atoms with E-state index in [1.165, 1.54) is 4.90 Å². The molecule has 1 atom stereocenters. The third-order valence-corrected chi connectivity index (χ3v) is 4.15. The maximum absolute atomic E-state index is 12.3. The van der Waals surface area contributed by atoms with Gasteiger partial charge in [0, 0.05) is 18.1 Å². The fraction of sp³-hybridized carbons (Fsp3) is 0.526. The Balaban J connectivity index is 1.79. The zero-order chi connectivity index (χ0) is 20.0. The Morgan fingerprint density at radius 3 is 2.52 bits per heavy atom. The summed E-state index contributed by atoms with van der Waals surface area (Å²) in [6.07, 6.45) is 0.626. The zero-order valence-corrected chi connectivity index (χ0v) is 16.5. The van der Waals surface area contributed by atoms with Crippen LogP contribution >= 0.6 is 11.6 Å². The second-order valence-corrected chi connectivity index (χ2v) is 7.78. The summed E-state index contributed by atoms with van der Waals surface area (Å²) in [5.41, 5.74) is 0.237. The number of rotatable bonds is 5. The van der Waals surface area contributed by atoms with Gasteiger partial charge < -0.3 is 14.8 Å². The molecule has 2 rings (SSSR count). The molecule has 8 heteroatoms. The van der Waals surface area contributed by atoms with Gasteiger partial charge in [0.15, 0.2) is 6.61 Å². The lowest BCUT2D eigenvalue weighted by Crippen LogP contribution is -2.44. The number of hydrogen-bond acceptors (Lipinski definition) is 5. The summed E-state index contributed by atoms with van der Waals surface area (Å²) in [6, 6.07) is 6.34. The molecule has 2 amide bonds. The molecule has 0 saturated carbocycles. The SMILES string of the molecule is CC(C)(C)OC(=O)N1CCC[C@H]1C(=O)OCC(=O)NCc1ccc(Cl)cc1. The van der Waals surface area contributed by atoms with Crippen LogP contribution in [0, 0.1) is 0 Å². The van der Waals surface area contributed by atoms with Gasteiger partial charge in [0.05, 0.1) is 0 Å². The van der Waals surface area contributed by atoms with Crippen LogP contribution in [0.1, 0.15) is 39.2 Å². The lowest BCUT2D eigenvalue weighted by atomic mass is 10.2. The van der Waals surface area contributed by atoms with Crippen molar-refractivity contribution in [1.82, 2.24) is 10.2 Å². The summed E-state index contributed by atoms with van der Waals surface area (Å²) < 4.78 is 10.4. The highest BCUT2D eigenvalue weighted by Gasteiger charge is 2.37. The molecule has 1 aliphatic rings. The van der Waals surface area contributed by atoms with Crippen molar-refractivity contribution in [2.24, 2.45) is 0 Å². The van der Waals surface area contributed by atoms with Crippen LogP contribution in [0.25, 0.3) is 0 Å². The van der Waals surface area contributed by atoms with Gasteiger partial charge in [0.1, 0.15) is 11.6 Å². The van der Waals surface area contributed by atoms with E-state index >= 15 is 0 Å². The average molecular weight is 397 g/mol. The summed E-state index contributed by atoms with van der Waals surface area (Å²) >= 11 is 5.81. The van der Waals surface area contributed by atoms with E-state index in [1.807, 2.05) is 0 Å². The van der Waals surface area contributed by atoms with Gasteiger partial charge in [0.25, 0.3) is 5.91 Å². The molecule has 0 aromatic heterocycles. The van der Waals surface area contributed by atoms with Crippen LogP contribution in [0.2, 0.25) is 5.02 Å². The molecular formula is C19H25ClN2O5. The average Bonchev–Trinajstić information content (AvgIpc) is 3.07. The Kier molecular flexibility index (Phi) is 7.07. The van der Waals surface area contributed by atoms with Crippen LogP contribution in [-0.4, -0.2) is 47.7 Å². The summed E-state index contributed by atoms with van der Waals surface area (Å²) in [7, 11) is 0. The van der Waals surface area contributed by atoms with E-state index in [9.17, 15) is 14.4 Å². The number of ether oxygens (including phenoxy) is 2. The van der Waals surface area contributed by atoms with Crippen molar-refractivity contribution >= 4 is 29.6 Å². The molecule has 148 valence electrons. The normalized spacial score (nSPS) is 16.7. The lowest BCUT2D eigenvalue weighted by Gasteiger charge is -2.27. The third-order valence-electron chi connectivity index (χ3n) is 3.90. The summed E-state index contributed by atoms with van der Waals surface area (Å²) in [4.78, 5) is 37.7. The number of likely N-dealkylation sites (tertiary alicyclic amines) is 1. The van der Waals surface area contributed by atoms with E-state index in [0.717, 1.165) is 5.56 Å². The summed E-state index contributed by atoms with van der Waals surface area (Å²) in [5, 5.41) is 3.28. The van der Waals surface area contributed by atoms with Gasteiger partial charge in [-0.25, -0.2) is 9.59 Å². The molecule has 1 aromatic rings. The Morgan fingerprint density at radius 2 is 1.89 bits per heavy atom. The molecule has 1 saturated heterocycles. The van der Waals surface area contributed by atoms with Crippen LogP contribution in [0.5, 0.6) is 0 Å². The Hall–Kier alpha value is -2.28. The van der Waals surface area contributed by atoms with Crippen molar-refractivity contribution in [2.45, 2.75) is 51.8 Å². The largest absolute Gasteiger partial charge is 0.454 e. The first-order valence-electron chi connectivity index (χ1n) is 8.83. The minimum Gasteiger partial charge on any atom is -0.454 e. The van der Waals surface area contributed by atoms with Crippen molar-refractivity contribution in [1.29, 1.82) is 0 Å². The highest BCUT2D eigenvalue weighted by Crippen LogP contribution is 2.21. The molecule has 0 aliphatic carbocycles. The number of nitrogens with one attached hydrogen (secondary N) is 1. The molecule has 27 heavy (non-hydrogen) atoms. The maximum atomic E-state index is 12.3. The van der Waals surface area contributed by atoms with Gasteiger partial charge >= 0.3 is 12.1 Å². The Bertz CT molecular complexity index is 684. The van der Waals surface area contributed by atoms with Gasteiger partial charge in [-0.15, -0.1) is 0 Å². The maximum Gasteiger partial charge on any atom is 0.411 e. The smallest absolute Gasteiger partial charge is 0.411 e. The van der Waals surface area contributed by atoms with Gasteiger partial charge in [-0.3, -0.25) is 9.69 Å². The van der Waals surface area contributed by atoms with Crippen LogP contribution in [-0.2, 0) is 25.6 Å². The number of nitrogens with zero attached hydrogens (tertiary/aromatic N) is 1. The third kappa shape index (κ3) is 6.75. The molecule has 0 radical (unpaired) electrons. The Labute approximate surface area is 163 Å². The lowest BCUT2D eigenvalue weighted by molar-refractivity contribution is -0.152. The highest BCUT2D eigenvalue weighted by molar-refractivity contribution is 6.30. The first kappa shape index (κ1) is 21.0. The number of halogens is 1. The molecule has 1 fully saturated rings. The molecule has 1 aliphatic heterocycles. The van der Waals surface area contributed by atoms with E-state index < -0.39 is 36.2 Å². The minimum absolute atomic E-state index is 0.307. The van der Waals surface area contributed by atoms with Crippen LogP contribution in [0.4, 0.5) is 4.79 Å². The minimum atomic E-state index is -0.719. The van der Waals surface area contributed by atoms with Crippen molar-refractivity contribution in [3.05, 3.63) is 34.9 Å². The Morgan fingerprint density at radius 1 is 1.22 bits per heavy atom. The van der Waals surface area contributed by atoms with Crippen molar-refractivity contribution in [2.75, 3.05) is 13.2 Å². The molecule has 0 unspecified atom stereocenters. The van der Waals surface area contributed by atoms with E-state index in [4.69, 9.17) is 21.1 Å². The second kappa shape index (κ2) is 9.08. The second-order valence-electron chi connectivity index (χ2n) is 7.34. The summed E-state index contributed by atoms with van der Waals surface area (Å²) in [6.45, 7) is 5.63. The quantitative estimate of drug-likeness (QED) is 0.773. The van der Waals surface area contributed by atoms with Crippen LogP contribution in [0.3, 0.4) is 0 Å². The number of amides is 2. The van der Waals surface area contributed by atoms with Crippen molar-refractivity contribution in [3.63, 3.8) is 0 Å². The molecule has 7 nitrogen and oxygen atoms in total. The van der Waals surface area contributed by atoms with Crippen molar-refractivity contribution in [3.8, 4) is 0 Å². The predicted octanol–water partition coefficient (Wildman–Crippen LogP) is 2.90. The number of hydrogen-bond donors (Lipinski definition) is 1. The van der Waals surface area contributed by atoms with Crippen LogP contribution < -0.4 is 5.32 Å². The van der Waals surface area contributed by atoms with Gasteiger partial charge in [0.2, 0.25) is 0 Å². The highest BCUT2D eigenvalue weighted by atomic mass is 35.5. The van der Waals surface area contributed by atoms with E-state index in [-0.39, 0.29) is 0 Å².